The molecule has 3 aliphatic heterocycles. The van der Waals surface area contributed by atoms with Crippen molar-refractivity contribution in [1.29, 1.82) is 0 Å². The van der Waals surface area contributed by atoms with Crippen LogP contribution in [0.1, 0.15) is 26.2 Å². The van der Waals surface area contributed by atoms with Crippen LogP contribution >= 0.6 is 0 Å². The zero-order chi connectivity index (χ0) is 23.9. The van der Waals surface area contributed by atoms with E-state index in [9.17, 15) is 4.79 Å². The number of rotatable bonds is 6. The number of hydrogen-bond donors (Lipinski definition) is 0. The van der Waals surface area contributed by atoms with E-state index in [2.05, 4.69) is 16.7 Å². The normalized spacial score (nSPS) is 24.7. The smallest absolute Gasteiger partial charge is 0.262 e. The van der Waals surface area contributed by atoms with Crippen LogP contribution in [-0.2, 0) is 4.74 Å². The quantitative estimate of drug-likeness (QED) is 0.532. The standard InChI is InChI=1S/C28H32FN3O3/c1-19-17-35-27(19)18-34-23-5-6-24-20(14-23)8-13-32(28(24)33)21-4-7-26(25(29)15-21)31-12-9-22(16-31)30-10-2-3-11-30/h4-8,13-15,19,22,27H,2-3,9-12,16-18H2,1H3/t19?,22-,27?/m1/s1. The summed E-state index contributed by atoms with van der Waals surface area (Å²) in [6, 6.07) is 13.0. The van der Waals surface area contributed by atoms with Gasteiger partial charge in [0.25, 0.3) is 5.56 Å². The maximum atomic E-state index is 15.2. The van der Waals surface area contributed by atoms with Gasteiger partial charge in [0.05, 0.1) is 24.1 Å². The molecule has 0 aliphatic carbocycles. The number of fused-ring (bicyclic) bond motifs is 1. The van der Waals surface area contributed by atoms with Crippen molar-refractivity contribution in [1.82, 2.24) is 9.47 Å². The van der Waals surface area contributed by atoms with E-state index < -0.39 is 0 Å². The number of anilines is 1. The van der Waals surface area contributed by atoms with Gasteiger partial charge >= 0.3 is 0 Å². The molecule has 184 valence electrons. The third-order valence-corrected chi connectivity index (χ3v) is 7.87. The van der Waals surface area contributed by atoms with E-state index in [0.29, 0.717) is 41.1 Å². The molecule has 0 bridgehead atoms. The average molecular weight is 478 g/mol. The number of halogens is 1. The van der Waals surface area contributed by atoms with Crippen LogP contribution in [0.2, 0.25) is 0 Å². The number of pyridine rings is 1. The van der Waals surface area contributed by atoms with Crippen LogP contribution in [0.3, 0.4) is 0 Å². The maximum absolute atomic E-state index is 15.2. The first kappa shape index (κ1) is 22.6. The number of hydrogen-bond acceptors (Lipinski definition) is 5. The second-order valence-electron chi connectivity index (χ2n) is 10.2. The molecule has 0 amide bonds. The fourth-order valence-corrected chi connectivity index (χ4v) is 5.60. The molecule has 6 rings (SSSR count). The predicted octanol–water partition coefficient (Wildman–Crippen LogP) is 4.22. The lowest BCUT2D eigenvalue weighted by Crippen LogP contribution is -2.41. The van der Waals surface area contributed by atoms with Gasteiger partial charge < -0.3 is 14.4 Å². The Morgan fingerprint density at radius 2 is 1.94 bits per heavy atom. The SMILES string of the molecule is CC1COC1COc1ccc2c(=O)n(-c3ccc(N4CC[C@@H](N5CCCC5)C4)c(F)c3)ccc2c1. The van der Waals surface area contributed by atoms with E-state index in [4.69, 9.17) is 9.47 Å². The van der Waals surface area contributed by atoms with E-state index in [-0.39, 0.29) is 17.5 Å². The minimum Gasteiger partial charge on any atom is -0.491 e. The summed E-state index contributed by atoms with van der Waals surface area (Å²) in [5.74, 6) is 0.935. The van der Waals surface area contributed by atoms with Gasteiger partial charge in [-0.2, -0.15) is 0 Å². The average Bonchev–Trinajstić information content (AvgIpc) is 3.56. The van der Waals surface area contributed by atoms with Gasteiger partial charge in [0.15, 0.2) is 0 Å². The summed E-state index contributed by atoms with van der Waals surface area (Å²) in [5.41, 5.74) is 0.980. The zero-order valence-corrected chi connectivity index (χ0v) is 20.2. The summed E-state index contributed by atoms with van der Waals surface area (Å²) in [5, 5.41) is 1.37. The monoisotopic (exact) mass is 477 g/mol. The first-order chi connectivity index (χ1) is 17.1. The first-order valence-corrected chi connectivity index (χ1v) is 12.8. The minimum absolute atomic E-state index is 0.128. The van der Waals surface area contributed by atoms with Crippen molar-refractivity contribution in [3.8, 4) is 11.4 Å². The minimum atomic E-state index is -0.284. The van der Waals surface area contributed by atoms with Crippen molar-refractivity contribution in [2.45, 2.75) is 38.3 Å². The highest BCUT2D eigenvalue weighted by atomic mass is 19.1. The summed E-state index contributed by atoms with van der Waals surface area (Å²) in [7, 11) is 0. The Bertz CT molecular complexity index is 1290. The molecule has 3 aromatic rings. The molecule has 6 nitrogen and oxygen atoms in total. The van der Waals surface area contributed by atoms with Crippen molar-refractivity contribution in [3.05, 3.63) is 64.8 Å². The van der Waals surface area contributed by atoms with Crippen LogP contribution in [0.4, 0.5) is 10.1 Å². The Labute approximate surface area is 204 Å². The maximum Gasteiger partial charge on any atom is 0.262 e. The Morgan fingerprint density at radius 1 is 1.09 bits per heavy atom. The summed E-state index contributed by atoms with van der Waals surface area (Å²) in [6.45, 7) is 7.48. The molecule has 0 spiro atoms. The van der Waals surface area contributed by atoms with E-state index in [1.54, 1.807) is 12.3 Å². The molecule has 0 N–H and O–H groups in total. The highest BCUT2D eigenvalue weighted by Crippen LogP contribution is 2.29. The molecule has 3 fully saturated rings. The summed E-state index contributed by atoms with van der Waals surface area (Å²) in [4.78, 5) is 17.9. The molecule has 1 aromatic heterocycles. The number of likely N-dealkylation sites (tertiary alicyclic amines) is 1. The molecule has 3 aliphatic rings. The lowest BCUT2D eigenvalue weighted by atomic mass is 10.0. The van der Waals surface area contributed by atoms with Gasteiger partial charge in [-0.25, -0.2) is 4.39 Å². The molecule has 0 radical (unpaired) electrons. The molecule has 35 heavy (non-hydrogen) atoms. The van der Waals surface area contributed by atoms with Crippen molar-refractivity contribution >= 4 is 16.5 Å². The zero-order valence-electron chi connectivity index (χ0n) is 20.2. The molecule has 4 heterocycles. The third-order valence-electron chi connectivity index (χ3n) is 7.87. The molecular weight excluding hydrogens is 445 g/mol. The third kappa shape index (κ3) is 4.32. The van der Waals surface area contributed by atoms with Gasteiger partial charge in [-0.05, 0) is 74.1 Å². The van der Waals surface area contributed by atoms with E-state index in [0.717, 1.165) is 44.6 Å². The van der Waals surface area contributed by atoms with Gasteiger partial charge in [-0.3, -0.25) is 14.3 Å². The van der Waals surface area contributed by atoms with Crippen LogP contribution in [0, 0.1) is 11.7 Å². The Morgan fingerprint density at radius 3 is 2.69 bits per heavy atom. The van der Waals surface area contributed by atoms with Gasteiger partial charge in [-0.1, -0.05) is 6.92 Å². The summed E-state index contributed by atoms with van der Waals surface area (Å²) >= 11 is 0. The van der Waals surface area contributed by atoms with E-state index in [1.807, 2.05) is 30.3 Å². The number of nitrogens with zero attached hydrogens (tertiary/aromatic N) is 3. The topological polar surface area (TPSA) is 46.9 Å². The number of ether oxygens (including phenoxy) is 2. The molecule has 3 saturated heterocycles. The van der Waals surface area contributed by atoms with Crippen LogP contribution in [0.15, 0.2) is 53.5 Å². The van der Waals surface area contributed by atoms with E-state index in [1.165, 1.54) is 23.5 Å². The lowest BCUT2D eigenvalue weighted by molar-refractivity contribution is -0.123. The number of aromatic nitrogens is 1. The second-order valence-corrected chi connectivity index (χ2v) is 10.2. The van der Waals surface area contributed by atoms with Gasteiger partial charge in [0, 0.05) is 42.7 Å². The Balaban J connectivity index is 1.20. The lowest BCUT2D eigenvalue weighted by Gasteiger charge is -2.33. The van der Waals surface area contributed by atoms with Crippen molar-refractivity contribution in [2.24, 2.45) is 5.92 Å². The van der Waals surface area contributed by atoms with Gasteiger partial charge in [0.1, 0.15) is 18.2 Å². The molecule has 2 aromatic carbocycles. The second kappa shape index (κ2) is 9.28. The van der Waals surface area contributed by atoms with Crippen LogP contribution in [-0.4, -0.2) is 61.0 Å². The van der Waals surface area contributed by atoms with Gasteiger partial charge in [0.2, 0.25) is 0 Å². The Kier molecular flexibility index (Phi) is 5.98. The highest BCUT2D eigenvalue weighted by molar-refractivity contribution is 5.83. The van der Waals surface area contributed by atoms with Crippen LogP contribution < -0.4 is 15.2 Å². The Hall–Kier alpha value is -2.90. The molecule has 7 heteroatoms. The molecular formula is C28H32FN3O3. The van der Waals surface area contributed by atoms with Gasteiger partial charge in [-0.15, -0.1) is 0 Å². The van der Waals surface area contributed by atoms with Crippen molar-refractivity contribution < 1.29 is 13.9 Å². The molecule has 0 saturated carbocycles. The first-order valence-electron chi connectivity index (χ1n) is 12.8. The number of benzene rings is 2. The van der Waals surface area contributed by atoms with Crippen molar-refractivity contribution in [2.75, 3.05) is 44.3 Å². The largest absolute Gasteiger partial charge is 0.491 e. The van der Waals surface area contributed by atoms with Crippen LogP contribution in [0.25, 0.3) is 16.5 Å². The highest BCUT2D eigenvalue weighted by Gasteiger charge is 2.30. The summed E-state index contributed by atoms with van der Waals surface area (Å²) in [6.07, 6.45) is 5.44. The fraction of sp³-hybridized carbons (Fsp3) is 0.464. The van der Waals surface area contributed by atoms with Crippen LogP contribution in [0.5, 0.6) is 5.75 Å². The predicted molar refractivity (Wildman–Crippen MR) is 135 cm³/mol. The molecule has 2 unspecified atom stereocenters. The molecule has 3 atom stereocenters. The fourth-order valence-electron chi connectivity index (χ4n) is 5.60. The summed E-state index contributed by atoms with van der Waals surface area (Å²) < 4.78 is 28.1. The van der Waals surface area contributed by atoms with Crippen molar-refractivity contribution in [3.63, 3.8) is 0 Å². The van der Waals surface area contributed by atoms with E-state index >= 15 is 4.39 Å².